The molecule has 0 bridgehead atoms. The van der Waals surface area contributed by atoms with Gasteiger partial charge in [0.1, 0.15) is 6.04 Å². The Labute approximate surface area is 190 Å². The van der Waals surface area contributed by atoms with Crippen LogP contribution in [0.15, 0.2) is 0 Å². The highest BCUT2D eigenvalue weighted by Gasteiger charge is 2.17. The molecule has 184 valence electrons. The van der Waals surface area contributed by atoms with Crippen molar-refractivity contribution in [2.24, 2.45) is 11.8 Å². The van der Waals surface area contributed by atoms with E-state index >= 15 is 0 Å². The first-order valence-corrected chi connectivity index (χ1v) is 11.5. The van der Waals surface area contributed by atoms with Crippen LogP contribution in [0.3, 0.4) is 0 Å². The van der Waals surface area contributed by atoms with Gasteiger partial charge in [-0.1, -0.05) is 41.5 Å². The van der Waals surface area contributed by atoms with E-state index in [1.807, 2.05) is 55.4 Å². The molecule has 31 heavy (non-hydrogen) atoms. The molecule has 0 fully saturated rings. The fraction of sp³-hybridized carbons (Fsp3) is 0.826. The molecule has 0 aromatic rings. The van der Waals surface area contributed by atoms with E-state index in [0.29, 0.717) is 6.42 Å². The third-order valence-electron chi connectivity index (χ3n) is 4.82. The Morgan fingerprint density at radius 1 is 0.677 bits per heavy atom. The summed E-state index contributed by atoms with van der Waals surface area (Å²) in [7, 11) is 1.66. The van der Waals surface area contributed by atoms with Crippen molar-refractivity contribution in [3.8, 4) is 0 Å². The maximum Gasteiger partial charge on any atom is 0.242 e. The van der Waals surface area contributed by atoms with E-state index in [4.69, 9.17) is 0 Å². The van der Waals surface area contributed by atoms with E-state index in [1.165, 1.54) is 6.92 Å². The fourth-order valence-corrected chi connectivity index (χ4v) is 2.01. The van der Waals surface area contributed by atoms with Gasteiger partial charge in [-0.15, -0.1) is 0 Å². The van der Waals surface area contributed by atoms with Crippen molar-refractivity contribution in [1.29, 1.82) is 0 Å². The van der Waals surface area contributed by atoms with Gasteiger partial charge in [0.15, 0.2) is 0 Å². The number of rotatable bonds is 10. The van der Waals surface area contributed by atoms with Crippen molar-refractivity contribution < 1.29 is 19.2 Å². The van der Waals surface area contributed by atoms with Crippen molar-refractivity contribution >= 4 is 23.6 Å². The Morgan fingerprint density at radius 3 is 1.45 bits per heavy atom. The summed E-state index contributed by atoms with van der Waals surface area (Å²) in [5.74, 6) is 0.366. The first-order valence-electron chi connectivity index (χ1n) is 11.5. The van der Waals surface area contributed by atoms with Crippen molar-refractivity contribution in [3.63, 3.8) is 0 Å². The van der Waals surface area contributed by atoms with E-state index in [1.54, 1.807) is 7.05 Å². The molecule has 8 nitrogen and oxygen atoms in total. The van der Waals surface area contributed by atoms with Crippen LogP contribution in [0.25, 0.3) is 0 Å². The molecular formula is C23H48N4O4. The first kappa shape index (κ1) is 33.5. The molecule has 0 saturated heterocycles. The van der Waals surface area contributed by atoms with Gasteiger partial charge in [-0.05, 0) is 39.5 Å². The summed E-state index contributed by atoms with van der Waals surface area (Å²) in [5.41, 5.74) is 0. The lowest BCUT2D eigenvalue weighted by Gasteiger charge is -2.18. The minimum Gasteiger partial charge on any atom is -0.359 e. The maximum absolute atomic E-state index is 11.6. The van der Waals surface area contributed by atoms with Crippen molar-refractivity contribution in [3.05, 3.63) is 0 Å². The largest absolute Gasteiger partial charge is 0.359 e. The average Bonchev–Trinajstić information content (AvgIpc) is 2.76. The summed E-state index contributed by atoms with van der Waals surface area (Å²) < 4.78 is 0. The zero-order valence-electron chi connectivity index (χ0n) is 21.5. The SMILES string of the molecule is CCC(C)C(=O)NC.CCC(C)NC(=O)C(CC)NC(C)=O.CCNC(=O)C(C)CC. The molecule has 0 saturated carbocycles. The molecule has 4 atom stereocenters. The quantitative estimate of drug-likeness (QED) is 0.414. The van der Waals surface area contributed by atoms with Crippen LogP contribution in [0.4, 0.5) is 0 Å². The number of carbonyl (C=O) groups is 4. The van der Waals surface area contributed by atoms with Gasteiger partial charge in [0.05, 0.1) is 0 Å². The maximum atomic E-state index is 11.6. The number of hydrogen-bond acceptors (Lipinski definition) is 4. The summed E-state index contributed by atoms with van der Waals surface area (Å²) in [6, 6.07) is -0.244. The van der Waals surface area contributed by atoms with Crippen molar-refractivity contribution in [2.75, 3.05) is 13.6 Å². The smallest absolute Gasteiger partial charge is 0.242 e. The van der Waals surface area contributed by atoms with E-state index in [-0.39, 0.29) is 41.5 Å². The van der Waals surface area contributed by atoms with Crippen molar-refractivity contribution in [1.82, 2.24) is 21.3 Å². The molecule has 8 heteroatoms. The predicted octanol–water partition coefficient (Wildman–Crippen LogP) is 2.76. The van der Waals surface area contributed by atoms with Crippen LogP contribution in [0.5, 0.6) is 0 Å². The van der Waals surface area contributed by atoms with Gasteiger partial charge in [0, 0.05) is 38.4 Å². The molecule has 0 aliphatic carbocycles. The summed E-state index contributed by atoms with van der Waals surface area (Å²) in [6.45, 7) is 17.8. The minimum atomic E-state index is -0.401. The van der Waals surface area contributed by atoms with Gasteiger partial charge in [-0.25, -0.2) is 0 Å². The molecule has 0 radical (unpaired) electrons. The molecular weight excluding hydrogens is 396 g/mol. The van der Waals surface area contributed by atoms with Gasteiger partial charge >= 0.3 is 0 Å². The van der Waals surface area contributed by atoms with Gasteiger partial charge in [-0.2, -0.15) is 0 Å². The Bertz CT molecular complexity index is 512. The molecule has 0 aromatic carbocycles. The Kier molecular flexibility index (Phi) is 22.8. The molecule has 4 amide bonds. The summed E-state index contributed by atoms with van der Waals surface area (Å²) in [5, 5.41) is 10.8. The molecule has 0 aliphatic heterocycles. The molecule has 0 aliphatic rings. The summed E-state index contributed by atoms with van der Waals surface area (Å²) >= 11 is 0. The molecule has 0 rings (SSSR count). The second kappa shape index (κ2) is 21.1. The van der Waals surface area contributed by atoms with Crippen LogP contribution in [-0.2, 0) is 19.2 Å². The third kappa shape index (κ3) is 19.6. The van der Waals surface area contributed by atoms with E-state index in [0.717, 1.165) is 25.8 Å². The molecule has 0 heterocycles. The average molecular weight is 445 g/mol. The minimum absolute atomic E-state index is 0.1000. The Hall–Kier alpha value is -2.12. The highest BCUT2D eigenvalue weighted by atomic mass is 16.2. The predicted molar refractivity (Wildman–Crippen MR) is 127 cm³/mol. The Morgan fingerprint density at radius 2 is 1.16 bits per heavy atom. The number of amides is 4. The number of nitrogens with one attached hydrogen (secondary N) is 4. The Balaban J connectivity index is -0.000000401. The highest BCUT2D eigenvalue weighted by Crippen LogP contribution is 1.99. The van der Waals surface area contributed by atoms with Crippen LogP contribution in [0.1, 0.15) is 88.0 Å². The molecule has 0 spiro atoms. The normalized spacial score (nSPS) is 13.5. The van der Waals surface area contributed by atoms with Crippen LogP contribution in [0, 0.1) is 11.8 Å². The lowest BCUT2D eigenvalue weighted by atomic mass is 10.1. The number of hydrogen-bond donors (Lipinski definition) is 4. The van der Waals surface area contributed by atoms with Crippen LogP contribution in [0.2, 0.25) is 0 Å². The molecule has 0 aromatic heterocycles. The lowest BCUT2D eigenvalue weighted by Crippen LogP contribution is -2.48. The van der Waals surface area contributed by atoms with Crippen LogP contribution < -0.4 is 21.3 Å². The van der Waals surface area contributed by atoms with Crippen LogP contribution in [-0.4, -0.2) is 49.3 Å². The highest BCUT2D eigenvalue weighted by molar-refractivity contribution is 5.86. The second-order valence-electron chi connectivity index (χ2n) is 7.61. The second-order valence-corrected chi connectivity index (χ2v) is 7.61. The van der Waals surface area contributed by atoms with E-state index in [2.05, 4.69) is 21.3 Å². The summed E-state index contributed by atoms with van der Waals surface area (Å²) in [6.07, 6.45) is 3.34. The van der Waals surface area contributed by atoms with Gasteiger partial charge < -0.3 is 21.3 Å². The van der Waals surface area contributed by atoms with Crippen molar-refractivity contribution in [2.45, 2.75) is 100 Å². The monoisotopic (exact) mass is 444 g/mol. The van der Waals surface area contributed by atoms with Crippen LogP contribution >= 0.6 is 0 Å². The lowest BCUT2D eigenvalue weighted by molar-refractivity contribution is -0.128. The van der Waals surface area contributed by atoms with E-state index in [9.17, 15) is 19.2 Å². The zero-order valence-corrected chi connectivity index (χ0v) is 21.5. The standard InChI is InChI=1S/C10H20N2O2.C7H15NO.C6H13NO/c1-5-7(3)11-10(14)9(6-2)12-8(4)13;1-4-6(3)7(9)8-5-2;1-4-5(2)6(8)7-3/h7,9H,5-6H2,1-4H3,(H,11,14)(H,12,13);6H,4-5H2,1-3H3,(H,8,9);5H,4H2,1-3H3,(H,7,8). The topological polar surface area (TPSA) is 116 Å². The first-order chi connectivity index (χ1) is 14.4. The molecule has 4 unspecified atom stereocenters. The number of carbonyl (C=O) groups excluding carboxylic acids is 4. The molecule has 4 N–H and O–H groups in total. The van der Waals surface area contributed by atoms with Gasteiger partial charge in [-0.3, -0.25) is 19.2 Å². The van der Waals surface area contributed by atoms with Gasteiger partial charge in [0.25, 0.3) is 0 Å². The third-order valence-corrected chi connectivity index (χ3v) is 4.82. The van der Waals surface area contributed by atoms with E-state index < -0.39 is 6.04 Å². The fourth-order valence-electron chi connectivity index (χ4n) is 2.01. The van der Waals surface area contributed by atoms with Gasteiger partial charge in [0.2, 0.25) is 23.6 Å². The zero-order chi connectivity index (χ0) is 25.0. The summed E-state index contributed by atoms with van der Waals surface area (Å²) in [4.78, 5) is 43.8.